The molecule has 0 aromatic rings. The molecule has 0 aliphatic heterocycles. The fourth-order valence-corrected chi connectivity index (χ4v) is 1.03. The van der Waals surface area contributed by atoms with Crippen LogP contribution >= 0.6 is 0 Å². The van der Waals surface area contributed by atoms with E-state index in [0.717, 1.165) is 6.42 Å². The number of alkyl halides is 1. The third-order valence-electron chi connectivity index (χ3n) is 1.65. The zero-order chi connectivity index (χ0) is 8.10. The number of ether oxygens (including phenoxy) is 1. The molecular formula is C9H13FO. The van der Waals surface area contributed by atoms with Crippen LogP contribution in [0.25, 0.3) is 0 Å². The molecular weight excluding hydrogens is 143 g/mol. The predicted octanol–water partition coefficient (Wildman–Crippen LogP) is 2.25. The van der Waals surface area contributed by atoms with Crippen molar-refractivity contribution in [2.45, 2.75) is 19.4 Å². The Morgan fingerprint density at radius 3 is 3.09 bits per heavy atom. The summed E-state index contributed by atoms with van der Waals surface area (Å²) in [6, 6.07) is 0. The topological polar surface area (TPSA) is 9.23 Å². The first-order valence-electron chi connectivity index (χ1n) is 3.85. The van der Waals surface area contributed by atoms with Gasteiger partial charge in [0.2, 0.25) is 0 Å². The van der Waals surface area contributed by atoms with Crippen LogP contribution in [0.1, 0.15) is 13.3 Å². The van der Waals surface area contributed by atoms with Crippen LogP contribution in [0, 0.1) is 0 Å². The van der Waals surface area contributed by atoms with Gasteiger partial charge in [-0.25, -0.2) is 4.39 Å². The van der Waals surface area contributed by atoms with Crippen molar-refractivity contribution >= 4 is 0 Å². The molecule has 1 atom stereocenters. The number of rotatable bonds is 3. The minimum absolute atomic E-state index is 0.0921. The van der Waals surface area contributed by atoms with E-state index in [1.54, 1.807) is 0 Å². The lowest BCUT2D eigenvalue weighted by Gasteiger charge is -2.14. The summed E-state index contributed by atoms with van der Waals surface area (Å²) in [7, 11) is 0. The van der Waals surface area contributed by atoms with Gasteiger partial charge in [0.25, 0.3) is 0 Å². The quantitative estimate of drug-likeness (QED) is 0.609. The molecule has 0 saturated carbocycles. The zero-order valence-electron chi connectivity index (χ0n) is 6.72. The number of hydrogen-bond donors (Lipinski definition) is 0. The highest BCUT2D eigenvalue weighted by molar-refractivity contribution is 5.21. The highest BCUT2D eigenvalue weighted by atomic mass is 19.1. The molecule has 0 aromatic heterocycles. The predicted molar refractivity (Wildman–Crippen MR) is 43.2 cm³/mol. The Labute approximate surface area is 66.6 Å². The Hall–Kier alpha value is -0.630. The summed E-state index contributed by atoms with van der Waals surface area (Å²) >= 11 is 0. The molecule has 0 saturated heterocycles. The van der Waals surface area contributed by atoms with E-state index >= 15 is 0 Å². The third kappa shape index (κ3) is 2.85. The molecule has 0 amide bonds. The summed E-state index contributed by atoms with van der Waals surface area (Å²) in [6.45, 7) is 1.86. The van der Waals surface area contributed by atoms with E-state index < -0.39 is 6.67 Å². The largest absolute Gasteiger partial charge is 0.371 e. The fraction of sp³-hybridized carbons (Fsp3) is 0.556. The second-order valence-electron chi connectivity index (χ2n) is 2.64. The monoisotopic (exact) mass is 156 g/mol. The van der Waals surface area contributed by atoms with Crippen molar-refractivity contribution in [1.29, 1.82) is 0 Å². The maximum atomic E-state index is 11.7. The Morgan fingerprint density at radius 1 is 1.73 bits per heavy atom. The average molecular weight is 156 g/mol. The first-order chi connectivity index (χ1) is 5.33. The first-order valence-corrected chi connectivity index (χ1v) is 3.85. The van der Waals surface area contributed by atoms with Gasteiger partial charge in [0.1, 0.15) is 6.67 Å². The molecule has 0 radical (unpaired) electrons. The lowest BCUT2D eigenvalue weighted by molar-refractivity contribution is 0.0750. The van der Waals surface area contributed by atoms with Crippen LogP contribution in [-0.2, 0) is 4.74 Å². The average Bonchev–Trinajstić information content (AvgIpc) is 2.04. The second-order valence-corrected chi connectivity index (χ2v) is 2.64. The van der Waals surface area contributed by atoms with Gasteiger partial charge in [0.15, 0.2) is 0 Å². The minimum Gasteiger partial charge on any atom is -0.371 e. The van der Waals surface area contributed by atoms with E-state index in [-0.39, 0.29) is 12.7 Å². The lowest BCUT2D eigenvalue weighted by Crippen LogP contribution is -2.12. The normalized spacial score (nSPS) is 23.5. The van der Waals surface area contributed by atoms with Crippen molar-refractivity contribution in [1.82, 2.24) is 0 Å². The van der Waals surface area contributed by atoms with Gasteiger partial charge in [-0.3, -0.25) is 0 Å². The van der Waals surface area contributed by atoms with Crippen molar-refractivity contribution < 1.29 is 9.13 Å². The molecule has 62 valence electrons. The van der Waals surface area contributed by atoms with Crippen molar-refractivity contribution in [3.63, 3.8) is 0 Å². The number of allylic oxidation sites excluding steroid dienone is 2. The maximum absolute atomic E-state index is 11.7. The third-order valence-corrected chi connectivity index (χ3v) is 1.65. The zero-order valence-corrected chi connectivity index (χ0v) is 6.72. The van der Waals surface area contributed by atoms with Crippen LogP contribution in [0.5, 0.6) is 0 Å². The van der Waals surface area contributed by atoms with Gasteiger partial charge in [0.05, 0.1) is 12.7 Å². The van der Waals surface area contributed by atoms with E-state index in [2.05, 4.69) is 6.08 Å². The van der Waals surface area contributed by atoms with Crippen LogP contribution in [-0.4, -0.2) is 19.4 Å². The molecule has 1 unspecified atom stereocenters. The van der Waals surface area contributed by atoms with Crippen LogP contribution in [0.2, 0.25) is 0 Å². The maximum Gasteiger partial charge on any atom is 0.113 e. The molecule has 11 heavy (non-hydrogen) atoms. The Morgan fingerprint density at radius 2 is 2.55 bits per heavy atom. The Kier molecular flexibility index (Phi) is 3.30. The summed E-state index contributed by atoms with van der Waals surface area (Å²) in [5, 5.41) is 0. The lowest BCUT2D eigenvalue weighted by atomic mass is 10.1. The summed E-state index contributed by atoms with van der Waals surface area (Å²) in [5.74, 6) is 0. The van der Waals surface area contributed by atoms with Crippen LogP contribution in [0.3, 0.4) is 0 Å². The Balaban J connectivity index is 2.25. The van der Waals surface area contributed by atoms with E-state index in [4.69, 9.17) is 4.74 Å². The summed E-state index contributed by atoms with van der Waals surface area (Å²) in [4.78, 5) is 0. The molecule has 0 aromatic carbocycles. The van der Waals surface area contributed by atoms with Crippen LogP contribution < -0.4 is 0 Å². The highest BCUT2D eigenvalue weighted by Crippen LogP contribution is 2.12. The molecule has 0 N–H and O–H groups in total. The highest BCUT2D eigenvalue weighted by Gasteiger charge is 2.05. The van der Waals surface area contributed by atoms with Crippen LogP contribution in [0.4, 0.5) is 4.39 Å². The van der Waals surface area contributed by atoms with Gasteiger partial charge < -0.3 is 4.74 Å². The minimum atomic E-state index is -0.396. The SMILES string of the molecule is CC1=CCC(OCCF)C=C1. The summed E-state index contributed by atoms with van der Waals surface area (Å²) in [6.07, 6.45) is 7.05. The van der Waals surface area contributed by atoms with Gasteiger partial charge in [-0.1, -0.05) is 23.8 Å². The van der Waals surface area contributed by atoms with E-state index in [9.17, 15) is 4.39 Å². The first kappa shape index (κ1) is 8.47. The van der Waals surface area contributed by atoms with E-state index in [1.165, 1.54) is 5.57 Å². The number of hydrogen-bond acceptors (Lipinski definition) is 1. The Bertz CT molecular complexity index is 172. The van der Waals surface area contributed by atoms with E-state index in [0.29, 0.717) is 0 Å². The molecule has 0 fully saturated rings. The van der Waals surface area contributed by atoms with Gasteiger partial charge >= 0.3 is 0 Å². The van der Waals surface area contributed by atoms with E-state index in [1.807, 2.05) is 19.1 Å². The molecule has 1 nitrogen and oxygen atoms in total. The van der Waals surface area contributed by atoms with Gasteiger partial charge in [0, 0.05) is 0 Å². The van der Waals surface area contributed by atoms with Gasteiger partial charge in [-0.15, -0.1) is 0 Å². The van der Waals surface area contributed by atoms with Crippen molar-refractivity contribution in [3.8, 4) is 0 Å². The van der Waals surface area contributed by atoms with Crippen molar-refractivity contribution in [3.05, 3.63) is 23.8 Å². The molecule has 0 spiro atoms. The molecule has 0 bridgehead atoms. The smallest absolute Gasteiger partial charge is 0.113 e. The second kappa shape index (κ2) is 4.29. The van der Waals surface area contributed by atoms with Gasteiger partial charge in [-0.2, -0.15) is 0 Å². The summed E-state index contributed by atoms with van der Waals surface area (Å²) in [5.41, 5.74) is 1.25. The molecule has 1 aliphatic carbocycles. The molecule has 2 heteroatoms. The molecule has 0 heterocycles. The van der Waals surface area contributed by atoms with Gasteiger partial charge in [-0.05, 0) is 13.3 Å². The standard InChI is InChI=1S/C9H13FO/c1-8-2-4-9(5-3-8)11-7-6-10/h2-4,9H,5-7H2,1H3. The van der Waals surface area contributed by atoms with Crippen molar-refractivity contribution in [2.24, 2.45) is 0 Å². The van der Waals surface area contributed by atoms with Crippen molar-refractivity contribution in [2.75, 3.05) is 13.3 Å². The summed E-state index contributed by atoms with van der Waals surface area (Å²) < 4.78 is 16.8. The number of halogens is 1. The molecule has 1 aliphatic rings. The van der Waals surface area contributed by atoms with Crippen LogP contribution in [0.15, 0.2) is 23.8 Å². The molecule has 1 rings (SSSR count). The fourth-order valence-electron chi connectivity index (χ4n) is 1.03.